The predicted molar refractivity (Wildman–Crippen MR) is 49.1 cm³/mol. The number of rotatable bonds is 8. The Hall–Kier alpha value is 0.158. The summed E-state index contributed by atoms with van der Waals surface area (Å²) in [4.78, 5) is 12.1. The van der Waals surface area contributed by atoms with Crippen LogP contribution in [0.4, 0.5) is 0 Å². The second-order valence-electron chi connectivity index (χ2n) is 3.09. The van der Waals surface area contributed by atoms with Gasteiger partial charge in [0.1, 0.15) is 0 Å². The molecule has 0 atom stereocenters. The molecule has 0 radical (unpaired) electrons. The van der Waals surface area contributed by atoms with Crippen LogP contribution >= 0.6 is 0 Å². The molecule has 0 aliphatic rings. The minimum absolute atomic E-state index is 0.0277. The third-order valence-electron chi connectivity index (χ3n) is 1.79. The quantitative estimate of drug-likeness (QED) is 0.384. The molecule has 0 unspecified atom stereocenters. The topological polar surface area (TPSA) is 26.3 Å². The van der Waals surface area contributed by atoms with Crippen LogP contribution in [0.25, 0.3) is 0 Å². The van der Waals surface area contributed by atoms with Gasteiger partial charge in [-0.25, -0.2) is 0 Å². The summed E-state index contributed by atoms with van der Waals surface area (Å²) in [7, 11) is 0. The Balaban J connectivity index is 3.08. The van der Waals surface area contributed by atoms with Crippen molar-refractivity contribution in [1.82, 2.24) is 0 Å². The van der Waals surface area contributed by atoms with E-state index in [4.69, 9.17) is 4.74 Å². The molecule has 0 aromatic carbocycles. The summed E-state index contributed by atoms with van der Waals surface area (Å²) in [5, 5.41) is 0. The number of carbonyl (C=O) groups excluding carboxylic acids is 1. The molecule has 0 aliphatic carbocycles. The van der Waals surface area contributed by atoms with Crippen molar-refractivity contribution in [3.63, 3.8) is 0 Å². The van der Waals surface area contributed by atoms with Gasteiger partial charge in [0.25, 0.3) is 0 Å². The molecule has 0 heterocycles. The predicted octanol–water partition coefficient (Wildman–Crippen LogP) is 2.86. The number of ether oxygens (including phenoxy) is 1. The Bertz CT molecular complexity index is 126. The van der Waals surface area contributed by atoms with E-state index in [0.717, 1.165) is 17.7 Å². The zero-order valence-corrected chi connectivity index (χ0v) is 10.4. The van der Waals surface area contributed by atoms with Gasteiger partial charge in [-0.2, -0.15) is 0 Å². The molecule has 0 saturated carbocycles. The van der Waals surface area contributed by atoms with Gasteiger partial charge in [-0.1, -0.05) is 0 Å². The van der Waals surface area contributed by atoms with Crippen molar-refractivity contribution in [2.45, 2.75) is 50.3 Å². The van der Waals surface area contributed by atoms with E-state index < -0.39 is 0 Å². The monoisotopic (exact) mass is 269 g/mol. The van der Waals surface area contributed by atoms with Crippen LogP contribution < -0.4 is 0 Å². The molecule has 3 heteroatoms. The van der Waals surface area contributed by atoms with E-state index in [-0.39, 0.29) is 5.97 Å². The number of esters is 1. The van der Waals surface area contributed by atoms with E-state index >= 15 is 0 Å². The first kappa shape index (κ1) is 13.2. The number of unbranched alkanes of at least 4 members (excludes halogenated alkanes) is 3. The van der Waals surface area contributed by atoms with Crippen LogP contribution in [0.3, 0.4) is 0 Å². The van der Waals surface area contributed by atoms with Gasteiger partial charge in [-0.15, -0.1) is 0 Å². The molecule has 0 aromatic heterocycles. The summed E-state index contributed by atoms with van der Waals surface area (Å²) in [5.41, 5.74) is 0. The van der Waals surface area contributed by atoms with Crippen molar-refractivity contribution in [2.75, 3.05) is 6.61 Å². The fourth-order valence-electron chi connectivity index (χ4n) is 1.00. The second-order valence-corrected chi connectivity index (χ2v) is 4.09. The normalized spacial score (nSPS) is 9.92. The van der Waals surface area contributed by atoms with E-state index in [9.17, 15) is 4.79 Å². The van der Waals surface area contributed by atoms with Gasteiger partial charge in [0.2, 0.25) is 0 Å². The van der Waals surface area contributed by atoms with Crippen molar-refractivity contribution < 1.29 is 29.3 Å². The fraction of sp³-hybridized carbons (Fsp3) is 0.900. The Morgan fingerprint density at radius 1 is 1.23 bits per heavy atom. The van der Waals surface area contributed by atoms with Gasteiger partial charge in [0.05, 0.1) is 0 Å². The molecule has 0 fully saturated rings. The van der Waals surface area contributed by atoms with Crippen molar-refractivity contribution in [2.24, 2.45) is 0 Å². The van der Waals surface area contributed by atoms with Crippen LogP contribution in [0.5, 0.6) is 0 Å². The SMILES string of the molecule is CCCCCCOC(=O)CC[CH2][Mo]. The van der Waals surface area contributed by atoms with Crippen LogP contribution in [-0.2, 0) is 29.3 Å². The molecule has 0 rings (SSSR count). The van der Waals surface area contributed by atoms with Gasteiger partial charge in [0, 0.05) is 0 Å². The van der Waals surface area contributed by atoms with Crippen molar-refractivity contribution in [3.8, 4) is 0 Å². The molecule has 0 bridgehead atoms. The zero-order chi connectivity index (χ0) is 9.94. The first-order valence-electron chi connectivity index (χ1n) is 5.05. The van der Waals surface area contributed by atoms with Gasteiger partial charge in [0.15, 0.2) is 0 Å². The molecule has 2 nitrogen and oxygen atoms in total. The third kappa shape index (κ3) is 10.1. The summed E-state index contributed by atoms with van der Waals surface area (Å²) in [6.07, 6.45) is 6.21. The summed E-state index contributed by atoms with van der Waals surface area (Å²) in [6.45, 7) is 2.79. The third-order valence-corrected chi connectivity index (χ3v) is 2.50. The molecule has 0 spiro atoms. The Morgan fingerprint density at radius 3 is 2.62 bits per heavy atom. The molecule has 77 valence electrons. The Kier molecular flexibility index (Phi) is 10.4. The number of hydrogen-bond acceptors (Lipinski definition) is 2. The van der Waals surface area contributed by atoms with Crippen molar-refractivity contribution in [1.29, 1.82) is 0 Å². The number of hydrogen-bond donors (Lipinski definition) is 0. The van der Waals surface area contributed by atoms with E-state index in [1.54, 1.807) is 0 Å². The van der Waals surface area contributed by atoms with Crippen molar-refractivity contribution in [3.05, 3.63) is 0 Å². The summed E-state index contributed by atoms with van der Waals surface area (Å²) in [6, 6.07) is 0. The van der Waals surface area contributed by atoms with Crippen LogP contribution in [0.15, 0.2) is 0 Å². The molecule has 13 heavy (non-hydrogen) atoms. The summed E-state index contributed by atoms with van der Waals surface area (Å²) < 4.78 is 5.05. The van der Waals surface area contributed by atoms with E-state index in [1.807, 2.05) is 19.8 Å². The minimum atomic E-state index is -0.0277. The van der Waals surface area contributed by atoms with Crippen LogP contribution in [-0.4, -0.2) is 12.6 Å². The molecule has 0 saturated heterocycles. The first-order chi connectivity index (χ1) is 6.31. The summed E-state index contributed by atoms with van der Waals surface area (Å²) >= 11 is 2.01. The zero-order valence-electron chi connectivity index (χ0n) is 8.38. The number of carbonyl (C=O) groups is 1. The Labute approximate surface area is 92.3 Å². The summed E-state index contributed by atoms with van der Waals surface area (Å²) in [5.74, 6) is -0.0277. The van der Waals surface area contributed by atoms with Gasteiger partial charge >= 0.3 is 92.2 Å². The van der Waals surface area contributed by atoms with E-state index in [0.29, 0.717) is 13.0 Å². The standard InChI is InChI=1S/C10H19O2.Mo/c1-3-5-6-7-9-12-10(11)8-4-2;/h2-9H2,1H3;. The van der Waals surface area contributed by atoms with E-state index in [2.05, 4.69) is 6.92 Å². The van der Waals surface area contributed by atoms with Crippen LogP contribution in [0.2, 0.25) is 4.81 Å². The molecule has 0 aromatic rings. The van der Waals surface area contributed by atoms with Crippen molar-refractivity contribution >= 4 is 5.97 Å². The van der Waals surface area contributed by atoms with E-state index in [1.165, 1.54) is 19.3 Å². The fourth-order valence-corrected chi connectivity index (χ4v) is 1.36. The van der Waals surface area contributed by atoms with Crippen LogP contribution in [0, 0.1) is 0 Å². The Morgan fingerprint density at radius 2 is 2.00 bits per heavy atom. The van der Waals surface area contributed by atoms with Crippen LogP contribution in [0.1, 0.15) is 45.4 Å². The average Bonchev–Trinajstić information content (AvgIpc) is 2.14. The molecular formula is C10H19MoO2. The molecular weight excluding hydrogens is 248 g/mol. The maximum absolute atomic E-state index is 11.0. The molecule has 0 amide bonds. The first-order valence-corrected chi connectivity index (χ1v) is 6.47. The van der Waals surface area contributed by atoms with Gasteiger partial charge < -0.3 is 0 Å². The van der Waals surface area contributed by atoms with Gasteiger partial charge in [-0.3, -0.25) is 0 Å². The van der Waals surface area contributed by atoms with Gasteiger partial charge in [-0.05, 0) is 0 Å². The molecule has 0 aliphatic heterocycles. The second kappa shape index (κ2) is 10.2. The maximum atomic E-state index is 11.0. The average molecular weight is 267 g/mol. The molecule has 0 N–H and O–H groups in total.